The molecule has 0 radical (unpaired) electrons. The van der Waals surface area contributed by atoms with Crippen LogP contribution in [-0.4, -0.2) is 40.8 Å². The molecule has 0 bridgehead atoms. The Hall–Kier alpha value is 0.217. The predicted molar refractivity (Wildman–Crippen MR) is 31.3 cm³/mol. The monoisotopic (exact) mass is 204 g/mol. The number of alkyl halides is 3. The molecule has 0 N–H and O–H groups in total. The van der Waals surface area contributed by atoms with E-state index >= 15 is 0 Å². The maximum atomic E-state index is 11.1. The van der Waals surface area contributed by atoms with Crippen molar-refractivity contribution in [1.29, 1.82) is 0 Å². The summed E-state index contributed by atoms with van der Waals surface area (Å²) in [6, 6.07) is 0. The van der Waals surface area contributed by atoms with Gasteiger partial charge in [-0.3, -0.25) is 0 Å². The van der Waals surface area contributed by atoms with Crippen molar-refractivity contribution in [3.05, 3.63) is 0 Å². The summed E-state index contributed by atoms with van der Waals surface area (Å²) in [6.45, 7) is 0. The summed E-state index contributed by atoms with van der Waals surface area (Å²) in [4.78, 5) is 2.47. The van der Waals surface area contributed by atoms with Crippen LogP contribution in [0.5, 0.6) is 0 Å². The van der Waals surface area contributed by atoms with Gasteiger partial charge in [-0.15, -0.1) is 18.1 Å². The van der Waals surface area contributed by atoms with Gasteiger partial charge in [-0.2, -0.15) is 8.42 Å². The molecule has 12 heavy (non-hydrogen) atoms. The molecule has 0 saturated carbocycles. The fraction of sp³-hybridized carbons (Fsp3) is 1.00. The van der Waals surface area contributed by atoms with Crippen LogP contribution in [0.25, 0.3) is 0 Å². The number of halogens is 3. The molecule has 5 nitrogen and oxygen atoms in total. The van der Waals surface area contributed by atoms with Gasteiger partial charge < -0.3 is 0 Å². The summed E-state index contributed by atoms with van der Waals surface area (Å²) in [5, 5.41) is 0. The van der Waals surface area contributed by atoms with Crippen molar-refractivity contribution in [3.63, 3.8) is 0 Å². The van der Waals surface area contributed by atoms with Crippen LogP contribution in [0.1, 0.15) is 0 Å². The minimum atomic E-state index is -5.18. The van der Waals surface area contributed by atoms with Crippen molar-refractivity contribution in [2.45, 2.75) is 6.36 Å². The molecule has 10 heteroatoms. The Morgan fingerprint density at radius 3 is 1.92 bits per heavy atom. The van der Waals surface area contributed by atoms with Crippen molar-refractivity contribution in [1.82, 2.24) is 0 Å². The first-order valence-corrected chi connectivity index (χ1v) is 3.35. The van der Waals surface area contributed by atoms with E-state index in [-0.39, 0.29) is 18.9 Å². The van der Waals surface area contributed by atoms with Gasteiger partial charge in [-0.1, -0.05) is 4.33 Å². The Morgan fingerprint density at radius 1 is 1.25 bits per heavy atom. The molecule has 0 spiro atoms. The second kappa shape index (κ2) is 5.06. The van der Waals surface area contributed by atoms with Crippen molar-refractivity contribution >= 4 is 29.3 Å². The van der Waals surface area contributed by atoms with E-state index in [1.54, 1.807) is 0 Å². The standard InChI is InChI=1S/C2H3F3O5S.Li.H/c1-8-11(6,7)10-9-2(3,4)5;;/h1H3;;. The molecule has 0 fully saturated rings. The molecule has 0 aromatic carbocycles. The van der Waals surface area contributed by atoms with Gasteiger partial charge in [0.2, 0.25) is 0 Å². The topological polar surface area (TPSA) is 61.8 Å². The summed E-state index contributed by atoms with van der Waals surface area (Å²) in [5.74, 6) is 0. The Labute approximate surface area is 78.2 Å². The Kier molecular flexibility index (Phi) is 6.21. The van der Waals surface area contributed by atoms with E-state index in [0.717, 1.165) is 0 Å². The van der Waals surface area contributed by atoms with Gasteiger partial charge in [-0.05, 0) is 0 Å². The van der Waals surface area contributed by atoms with E-state index in [9.17, 15) is 21.6 Å². The third-order valence-corrected chi connectivity index (χ3v) is 1.06. The molecule has 0 aliphatic rings. The van der Waals surface area contributed by atoms with Crippen LogP contribution in [-0.2, 0) is 23.8 Å². The summed E-state index contributed by atoms with van der Waals surface area (Å²) < 4.78 is 59.4. The molecule has 0 aliphatic heterocycles. The first kappa shape index (κ1) is 14.7. The summed E-state index contributed by atoms with van der Waals surface area (Å²) in [5.41, 5.74) is 0. The van der Waals surface area contributed by atoms with Crippen molar-refractivity contribution < 1.29 is 35.0 Å². The second-order valence-electron chi connectivity index (χ2n) is 1.17. The van der Waals surface area contributed by atoms with Crippen LogP contribution in [0.3, 0.4) is 0 Å². The fourth-order valence-electron chi connectivity index (χ4n) is 0.108. The van der Waals surface area contributed by atoms with Crippen LogP contribution >= 0.6 is 0 Å². The van der Waals surface area contributed by atoms with Gasteiger partial charge in [0, 0.05) is 0 Å². The van der Waals surface area contributed by atoms with E-state index in [4.69, 9.17) is 0 Å². The minimum absolute atomic E-state index is 0. The average molecular weight is 204 g/mol. The van der Waals surface area contributed by atoms with Gasteiger partial charge in [-0.25, -0.2) is 4.18 Å². The van der Waals surface area contributed by atoms with E-state index in [0.29, 0.717) is 7.11 Å². The SMILES string of the molecule is COS(=O)(=O)OOC(F)(F)F.[LiH]. The predicted octanol–water partition coefficient (Wildman–Crippen LogP) is -0.303. The zero-order chi connectivity index (χ0) is 9.12. The van der Waals surface area contributed by atoms with Crippen LogP contribution in [0.15, 0.2) is 0 Å². The number of hydrogen-bond acceptors (Lipinski definition) is 5. The Morgan fingerprint density at radius 2 is 1.67 bits per heavy atom. The molecular formula is C2H4F3LiO5S. The first-order valence-electron chi connectivity index (χ1n) is 2.01. The first-order chi connectivity index (χ1) is 4.77. The number of hydrogen-bond donors (Lipinski definition) is 0. The van der Waals surface area contributed by atoms with Crippen molar-refractivity contribution in [2.75, 3.05) is 7.11 Å². The molecule has 0 amide bonds. The molecule has 0 aromatic rings. The van der Waals surface area contributed by atoms with Crippen LogP contribution in [0.2, 0.25) is 0 Å². The third kappa shape index (κ3) is 8.32. The molecule has 0 aliphatic carbocycles. The van der Waals surface area contributed by atoms with Crippen molar-refractivity contribution in [3.8, 4) is 0 Å². The van der Waals surface area contributed by atoms with Gasteiger partial charge in [0.15, 0.2) is 0 Å². The molecule has 0 saturated heterocycles. The molecule has 70 valence electrons. The zero-order valence-electron chi connectivity index (χ0n) is 5.08. The van der Waals surface area contributed by atoms with Crippen LogP contribution < -0.4 is 0 Å². The van der Waals surface area contributed by atoms with E-state index in [1.165, 1.54) is 0 Å². The molecule has 0 atom stereocenters. The summed E-state index contributed by atoms with van der Waals surface area (Å²) in [7, 11) is -4.07. The fourth-order valence-corrected chi connectivity index (χ4v) is 0.324. The zero-order valence-corrected chi connectivity index (χ0v) is 5.90. The van der Waals surface area contributed by atoms with Crippen LogP contribution in [0.4, 0.5) is 13.2 Å². The van der Waals surface area contributed by atoms with Gasteiger partial charge in [0.25, 0.3) is 0 Å². The second-order valence-corrected chi connectivity index (χ2v) is 2.46. The number of rotatable bonds is 3. The summed E-state index contributed by atoms with van der Waals surface area (Å²) in [6.07, 6.45) is -5.18. The normalized spacial score (nSPS) is 12.3. The van der Waals surface area contributed by atoms with E-state index < -0.39 is 16.8 Å². The molecule has 0 heterocycles. The average Bonchev–Trinajstić information content (AvgIpc) is 1.83. The van der Waals surface area contributed by atoms with Gasteiger partial charge in [0.05, 0.1) is 7.11 Å². The van der Waals surface area contributed by atoms with Gasteiger partial charge in [0.1, 0.15) is 0 Å². The summed E-state index contributed by atoms with van der Waals surface area (Å²) >= 11 is 0. The molecule has 0 rings (SSSR count). The third-order valence-electron chi connectivity index (χ3n) is 0.416. The van der Waals surface area contributed by atoms with E-state index in [2.05, 4.69) is 13.4 Å². The van der Waals surface area contributed by atoms with Gasteiger partial charge >= 0.3 is 35.6 Å². The Balaban J connectivity index is 0. The van der Waals surface area contributed by atoms with Crippen LogP contribution in [0, 0.1) is 0 Å². The quantitative estimate of drug-likeness (QED) is 0.358. The molecular weight excluding hydrogens is 200 g/mol. The molecule has 0 aromatic heterocycles. The maximum absolute atomic E-state index is 11.1. The Bertz CT molecular complexity index is 209. The van der Waals surface area contributed by atoms with E-state index in [1.807, 2.05) is 0 Å². The molecule has 0 unspecified atom stereocenters. The van der Waals surface area contributed by atoms with Crippen molar-refractivity contribution in [2.24, 2.45) is 0 Å².